The molecular formula is C23H28ClN5O. The number of hydrogen-bond acceptors (Lipinski definition) is 3. The van der Waals surface area contributed by atoms with Gasteiger partial charge in [-0.2, -0.15) is 10.2 Å². The molecule has 0 saturated carbocycles. The second-order valence-corrected chi connectivity index (χ2v) is 7.67. The van der Waals surface area contributed by atoms with Crippen LogP contribution in [-0.4, -0.2) is 25.5 Å². The summed E-state index contributed by atoms with van der Waals surface area (Å²) >= 11 is 6.43. The first kappa shape index (κ1) is 21.8. The smallest absolute Gasteiger partial charge is 0.244 e. The van der Waals surface area contributed by atoms with E-state index in [9.17, 15) is 4.79 Å². The number of halogens is 1. The Kier molecular flexibility index (Phi) is 7.11. The highest BCUT2D eigenvalue weighted by atomic mass is 35.5. The van der Waals surface area contributed by atoms with Gasteiger partial charge in [0.05, 0.1) is 17.1 Å². The van der Waals surface area contributed by atoms with Crippen molar-refractivity contribution >= 4 is 23.6 Å². The Morgan fingerprint density at radius 1 is 1.13 bits per heavy atom. The Morgan fingerprint density at radius 3 is 2.57 bits per heavy atom. The van der Waals surface area contributed by atoms with Crippen molar-refractivity contribution in [3.8, 4) is 5.69 Å². The van der Waals surface area contributed by atoms with Crippen LogP contribution in [0.4, 0.5) is 0 Å². The summed E-state index contributed by atoms with van der Waals surface area (Å²) in [6.07, 6.45) is 5.32. The summed E-state index contributed by atoms with van der Waals surface area (Å²) in [7, 11) is 0. The highest BCUT2D eigenvalue weighted by Gasteiger charge is 2.14. The molecule has 0 aliphatic heterocycles. The molecule has 0 fully saturated rings. The third kappa shape index (κ3) is 4.82. The van der Waals surface area contributed by atoms with Crippen LogP contribution in [-0.2, 0) is 17.9 Å². The number of nitrogens with one attached hydrogen (secondary N) is 1. The van der Waals surface area contributed by atoms with Crippen molar-refractivity contribution in [2.45, 2.75) is 53.6 Å². The maximum atomic E-state index is 12.4. The molecule has 0 bridgehead atoms. The second kappa shape index (κ2) is 9.76. The van der Waals surface area contributed by atoms with Crippen LogP contribution in [0.3, 0.4) is 0 Å². The largest absolute Gasteiger partial charge is 0.348 e. The van der Waals surface area contributed by atoms with E-state index in [2.05, 4.69) is 22.4 Å². The number of rotatable bonds is 8. The van der Waals surface area contributed by atoms with E-state index in [4.69, 9.17) is 11.6 Å². The topological polar surface area (TPSA) is 64.7 Å². The van der Waals surface area contributed by atoms with E-state index in [0.29, 0.717) is 11.7 Å². The summed E-state index contributed by atoms with van der Waals surface area (Å²) in [5.74, 6) is -0.182. The number of aryl methyl sites for hydroxylation is 3. The maximum Gasteiger partial charge on any atom is 0.244 e. The summed E-state index contributed by atoms with van der Waals surface area (Å²) in [6, 6.07) is 9.96. The fraction of sp³-hybridized carbons (Fsp3) is 0.348. The molecule has 0 aliphatic carbocycles. The molecule has 158 valence electrons. The molecule has 1 amide bonds. The number of para-hydroxylation sites is 1. The molecule has 0 saturated heterocycles. The predicted octanol–water partition coefficient (Wildman–Crippen LogP) is 4.78. The van der Waals surface area contributed by atoms with Crippen molar-refractivity contribution in [3.05, 3.63) is 69.8 Å². The lowest BCUT2D eigenvalue weighted by atomic mass is 10.2. The van der Waals surface area contributed by atoms with Gasteiger partial charge in [0.15, 0.2) is 0 Å². The molecule has 0 spiro atoms. The van der Waals surface area contributed by atoms with E-state index in [-0.39, 0.29) is 5.91 Å². The number of benzene rings is 1. The predicted molar refractivity (Wildman–Crippen MR) is 121 cm³/mol. The highest BCUT2D eigenvalue weighted by Crippen LogP contribution is 2.22. The molecule has 3 aromatic rings. The average Bonchev–Trinajstić information content (AvgIpc) is 3.18. The third-order valence-electron chi connectivity index (χ3n) is 5.12. The van der Waals surface area contributed by atoms with Gasteiger partial charge in [-0.25, -0.2) is 4.68 Å². The molecule has 6 nitrogen and oxygen atoms in total. The van der Waals surface area contributed by atoms with E-state index in [1.165, 1.54) is 6.08 Å². The van der Waals surface area contributed by atoms with Crippen molar-refractivity contribution in [1.82, 2.24) is 24.9 Å². The molecule has 3 rings (SSSR count). The minimum absolute atomic E-state index is 0.182. The van der Waals surface area contributed by atoms with Gasteiger partial charge in [-0.05, 0) is 45.4 Å². The Morgan fingerprint density at radius 2 is 1.87 bits per heavy atom. The lowest BCUT2D eigenvalue weighted by Gasteiger charge is -2.06. The molecule has 1 N–H and O–H groups in total. The summed E-state index contributed by atoms with van der Waals surface area (Å²) in [5, 5.41) is 12.6. The van der Waals surface area contributed by atoms with Crippen LogP contribution in [0.15, 0.2) is 36.4 Å². The maximum absolute atomic E-state index is 12.4. The van der Waals surface area contributed by atoms with Gasteiger partial charge in [0, 0.05) is 36.0 Å². The molecule has 0 unspecified atom stereocenters. The normalized spacial score (nSPS) is 11.4. The Bertz CT molecular complexity index is 1050. The monoisotopic (exact) mass is 425 g/mol. The fourth-order valence-corrected chi connectivity index (χ4v) is 3.68. The zero-order valence-corrected chi connectivity index (χ0v) is 18.7. The number of amides is 1. The number of unbranched alkanes of at least 4 members (excludes halogenated alkanes) is 1. The molecule has 0 radical (unpaired) electrons. The molecule has 0 aliphatic rings. The lowest BCUT2D eigenvalue weighted by Crippen LogP contribution is -2.21. The molecule has 1 aromatic carbocycles. The van der Waals surface area contributed by atoms with Gasteiger partial charge in [0.1, 0.15) is 5.15 Å². The first-order valence-electron chi connectivity index (χ1n) is 10.2. The van der Waals surface area contributed by atoms with Gasteiger partial charge in [0.2, 0.25) is 5.91 Å². The Balaban J connectivity index is 1.67. The summed E-state index contributed by atoms with van der Waals surface area (Å²) in [6.45, 7) is 9.19. The van der Waals surface area contributed by atoms with Gasteiger partial charge in [-0.3, -0.25) is 9.48 Å². The average molecular weight is 426 g/mol. The summed E-state index contributed by atoms with van der Waals surface area (Å²) in [4.78, 5) is 12.4. The minimum atomic E-state index is -0.182. The van der Waals surface area contributed by atoms with Crippen LogP contribution in [0.25, 0.3) is 11.8 Å². The third-order valence-corrected chi connectivity index (χ3v) is 5.51. The van der Waals surface area contributed by atoms with Crippen LogP contribution in [0.5, 0.6) is 0 Å². The zero-order chi connectivity index (χ0) is 21.7. The first-order chi connectivity index (χ1) is 14.4. The van der Waals surface area contributed by atoms with Gasteiger partial charge in [0.25, 0.3) is 0 Å². The van der Waals surface area contributed by atoms with Gasteiger partial charge in [-0.15, -0.1) is 0 Å². The fourth-order valence-electron chi connectivity index (χ4n) is 3.36. The molecular weight excluding hydrogens is 398 g/mol. The molecule has 30 heavy (non-hydrogen) atoms. The van der Waals surface area contributed by atoms with E-state index < -0.39 is 0 Å². The van der Waals surface area contributed by atoms with Crippen LogP contribution >= 0.6 is 11.6 Å². The van der Waals surface area contributed by atoms with E-state index in [1.54, 1.807) is 10.8 Å². The van der Waals surface area contributed by atoms with Crippen LogP contribution in [0, 0.1) is 20.8 Å². The second-order valence-electron chi connectivity index (χ2n) is 7.31. The van der Waals surface area contributed by atoms with Crippen molar-refractivity contribution in [2.24, 2.45) is 0 Å². The van der Waals surface area contributed by atoms with Crippen molar-refractivity contribution in [1.29, 1.82) is 0 Å². The van der Waals surface area contributed by atoms with E-state index in [1.807, 2.05) is 55.8 Å². The molecule has 2 aromatic heterocycles. The quantitative estimate of drug-likeness (QED) is 0.528. The standard InChI is InChI=1S/C23H28ClN5O/c1-5-6-14-28-23(24)20(16(2)26-28)12-13-22(30)25-15-21-17(3)27-29(18(21)4)19-10-8-7-9-11-19/h7-13H,5-6,14-15H2,1-4H3,(H,25,30)/b13-12+. The van der Waals surface area contributed by atoms with Crippen molar-refractivity contribution in [3.63, 3.8) is 0 Å². The number of aromatic nitrogens is 4. The minimum Gasteiger partial charge on any atom is -0.348 e. The van der Waals surface area contributed by atoms with Crippen molar-refractivity contribution < 1.29 is 4.79 Å². The zero-order valence-electron chi connectivity index (χ0n) is 17.9. The number of carbonyl (C=O) groups excluding carboxylic acids is 1. The van der Waals surface area contributed by atoms with Crippen molar-refractivity contribution in [2.75, 3.05) is 0 Å². The molecule has 7 heteroatoms. The highest BCUT2D eigenvalue weighted by molar-refractivity contribution is 6.31. The molecule has 2 heterocycles. The number of hydrogen-bond donors (Lipinski definition) is 1. The van der Waals surface area contributed by atoms with E-state index >= 15 is 0 Å². The summed E-state index contributed by atoms with van der Waals surface area (Å²) < 4.78 is 3.70. The van der Waals surface area contributed by atoms with Gasteiger partial charge < -0.3 is 5.32 Å². The Hall–Kier alpha value is -2.86. The SMILES string of the molecule is CCCCn1nc(C)c(/C=C/C(=O)NCc2c(C)nn(-c3ccccc3)c2C)c1Cl. The van der Waals surface area contributed by atoms with E-state index in [0.717, 1.165) is 53.3 Å². The van der Waals surface area contributed by atoms with Crippen LogP contribution < -0.4 is 5.32 Å². The van der Waals surface area contributed by atoms with Crippen LogP contribution in [0.2, 0.25) is 5.15 Å². The van der Waals surface area contributed by atoms with Gasteiger partial charge in [-0.1, -0.05) is 43.1 Å². The molecule has 0 atom stereocenters. The Labute approximate surface area is 182 Å². The van der Waals surface area contributed by atoms with Crippen LogP contribution in [0.1, 0.15) is 48.0 Å². The summed E-state index contributed by atoms with van der Waals surface area (Å²) in [5.41, 5.74) is 5.53. The van der Waals surface area contributed by atoms with Gasteiger partial charge >= 0.3 is 0 Å². The number of carbonyl (C=O) groups is 1. The first-order valence-corrected chi connectivity index (χ1v) is 10.6. The number of nitrogens with zero attached hydrogens (tertiary/aromatic N) is 4. The lowest BCUT2D eigenvalue weighted by molar-refractivity contribution is -0.116.